The first-order valence-corrected chi connectivity index (χ1v) is 7.85. The van der Waals surface area contributed by atoms with E-state index in [1.807, 2.05) is 18.2 Å². The Labute approximate surface area is 140 Å². The largest absolute Gasteiger partial charge is 0.496 e. The number of nitrogens with one attached hydrogen (secondary N) is 1. The Morgan fingerprint density at radius 3 is 2.87 bits per heavy atom. The van der Waals surface area contributed by atoms with Gasteiger partial charge in [0.15, 0.2) is 0 Å². The van der Waals surface area contributed by atoms with E-state index < -0.39 is 0 Å². The topological polar surface area (TPSA) is 50.7 Å². The van der Waals surface area contributed by atoms with Gasteiger partial charge in [0.1, 0.15) is 5.75 Å². The number of benzene rings is 2. The van der Waals surface area contributed by atoms with Gasteiger partial charge in [-0.05, 0) is 43.0 Å². The lowest BCUT2D eigenvalue weighted by molar-refractivity contribution is 0.0951. The zero-order valence-corrected chi connectivity index (χ0v) is 13.6. The van der Waals surface area contributed by atoms with E-state index in [4.69, 9.17) is 16.3 Å². The number of carbonyl (C=O) groups excluding carboxylic acids is 1. The normalized spacial score (nSPS) is 15.1. The van der Waals surface area contributed by atoms with Crippen LogP contribution < -0.4 is 10.2 Å². The van der Waals surface area contributed by atoms with Crippen LogP contribution in [-0.2, 0) is 6.42 Å². The Morgan fingerprint density at radius 2 is 2.04 bits per heavy atom. The summed E-state index contributed by atoms with van der Waals surface area (Å²) in [6.07, 6.45) is 2.93. The number of amides is 1. The average Bonchev–Trinajstić information content (AvgIpc) is 2.59. The third kappa shape index (κ3) is 3.37. The van der Waals surface area contributed by atoms with Crippen molar-refractivity contribution in [1.82, 2.24) is 5.43 Å². The number of nitrogens with zero attached hydrogens (tertiary/aromatic N) is 1. The van der Waals surface area contributed by atoms with Crippen molar-refractivity contribution in [3.05, 3.63) is 64.2 Å². The lowest BCUT2D eigenvalue weighted by Gasteiger charge is -2.17. The molecule has 5 heteroatoms. The Balaban J connectivity index is 1.84. The molecule has 0 aliphatic heterocycles. The van der Waals surface area contributed by atoms with E-state index in [-0.39, 0.29) is 5.91 Å². The Morgan fingerprint density at radius 1 is 1.22 bits per heavy atom. The summed E-state index contributed by atoms with van der Waals surface area (Å²) in [6.45, 7) is 0. The van der Waals surface area contributed by atoms with Crippen LogP contribution in [0.2, 0.25) is 5.02 Å². The number of halogens is 1. The predicted octanol–water partition coefficient (Wildman–Crippen LogP) is 3.82. The van der Waals surface area contributed by atoms with Crippen molar-refractivity contribution < 1.29 is 9.53 Å². The fourth-order valence-electron chi connectivity index (χ4n) is 2.75. The predicted molar refractivity (Wildman–Crippen MR) is 91.4 cm³/mol. The maximum Gasteiger partial charge on any atom is 0.275 e. The van der Waals surface area contributed by atoms with Crippen molar-refractivity contribution in [1.29, 1.82) is 0 Å². The van der Waals surface area contributed by atoms with Crippen molar-refractivity contribution >= 4 is 23.2 Å². The smallest absolute Gasteiger partial charge is 0.275 e. The second kappa shape index (κ2) is 6.84. The molecule has 0 aromatic heterocycles. The molecule has 0 radical (unpaired) electrons. The van der Waals surface area contributed by atoms with E-state index in [1.54, 1.807) is 18.2 Å². The number of carbonyl (C=O) groups is 1. The van der Waals surface area contributed by atoms with E-state index in [1.165, 1.54) is 12.7 Å². The van der Waals surface area contributed by atoms with E-state index in [0.717, 1.165) is 30.5 Å². The molecule has 0 heterocycles. The van der Waals surface area contributed by atoms with Gasteiger partial charge in [-0.2, -0.15) is 5.10 Å². The first-order chi connectivity index (χ1) is 11.2. The molecule has 23 heavy (non-hydrogen) atoms. The second-order valence-corrected chi connectivity index (χ2v) is 5.79. The molecule has 0 saturated carbocycles. The summed E-state index contributed by atoms with van der Waals surface area (Å²) in [6, 6.07) is 13.1. The summed E-state index contributed by atoms with van der Waals surface area (Å²) < 4.78 is 5.20. The molecule has 1 aliphatic carbocycles. The number of ether oxygens (including phenoxy) is 1. The zero-order chi connectivity index (χ0) is 16.2. The molecule has 118 valence electrons. The van der Waals surface area contributed by atoms with Crippen molar-refractivity contribution in [2.24, 2.45) is 5.10 Å². The van der Waals surface area contributed by atoms with Crippen LogP contribution in [0, 0.1) is 0 Å². The van der Waals surface area contributed by atoms with Crippen molar-refractivity contribution in [3.8, 4) is 5.75 Å². The molecule has 0 bridgehead atoms. The third-order valence-electron chi connectivity index (χ3n) is 3.89. The quantitative estimate of drug-likeness (QED) is 0.871. The van der Waals surface area contributed by atoms with Gasteiger partial charge in [-0.3, -0.25) is 4.79 Å². The minimum atomic E-state index is -0.333. The molecule has 1 amide bonds. The molecular formula is C18H17ClN2O2. The molecular weight excluding hydrogens is 312 g/mol. The van der Waals surface area contributed by atoms with E-state index in [2.05, 4.69) is 16.6 Å². The molecule has 0 saturated heterocycles. The van der Waals surface area contributed by atoms with Crippen molar-refractivity contribution in [3.63, 3.8) is 0 Å². The number of hydrazone groups is 1. The minimum Gasteiger partial charge on any atom is -0.496 e. The average molecular weight is 329 g/mol. The Hall–Kier alpha value is -2.33. The van der Waals surface area contributed by atoms with Gasteiger partial charge in [-0.15, -0.1) is 0 Å². The van der Waals surface area contributed by atoms with Crippen LogP contribution in [0.5, 0.6) is 5.75 Å². The molecule has 4 nitrogen and oxygen atoms in total. The van der Waals surface area contributed by atoms with Gasteiger partial charge in [0.05, 0.1) is 18.4 Å². The zero-order valence-electron chi connectivity index (χ0n) is 12.8. The summed E-state index contributed by atoms with van der Waals surface area (Å²) in [5.74, 6) is 0.135. The summed E-state index contributed by atoms with van der Waals surface area (Å²) in [5, 5.41) is 4.80. The third-order valence-corrected chi connectivity index (χ3v) is 4.12. The van der Waals surface area contributed by atoms with Gasteiger partial charge in [0, 0.05) is 10.6 Å². The van der Waals surface area contributed by atoms with Crippen LogP contribution in [0.3, 0.4) is 0 Å². The van der Waals surface area contributed by atoms with E-state index >= 15 is 0 Å². The fourth-order valence-corrected chi connectivity index (χ4v) is 2.93. The first kappa shape index (κ1) is 15.6. The molecule has 0 fully saturated rings. The lowest BCUT2D eigenvalue weighted by Crippen LogP contribution is -2.22. The maximum absolute atomic E-state index is 12.4. The van der Waals surface area contributed by atoms with E-state index in [9.17, 15) is 4.79 Å². The van der Waals surface area contributed by atoms with Crippen LogP contribution >= 0.6 is 11.6 Å². The number of aryl methyl sites for hydroxylation is 1. The summed E-state index contributed by atoms with van der Waals surface area (Å²) in [5.41, 5.74) is 6.27. The highest BCUT2D eigenvalue weighted by atomic mass is 35.5. The molecule has 0 atom stereocenters. The summed E-state index contributed by atoms with van der Waals surface area (Å²) in [7, 11) is 1.52. The number of rotatable bonds is 3. The minimum absolute atomic E-state index is 0.333. The fraction of sp³-hybridized carbons (Fsp3) is 0.222. The second-order valence-electron chi connectivity index (χ2n) is 5.35. The molecule has 1 N–H and O–H groups in total. The highest BCUT2D eigenvalue weighted by Gasteiger charge is 2.16. The van der Waals surface area contributed by atoms with Gasteiger partial charge in [-0.1, -0.05) is 35.9 Å². The summed E-state index contributed by atoms with van der Waals surface area (Å²) >= 11 is 5.96. The molecule has 0 spiro atoms. The van der Waals surface area contributed by atoms with Crippen LogP contribution in [0.15, 0.2) is 47.6 Å². The SMILES string of the molecule is COc1ccc(Cl)cc1C(=O)N/N=C1/CCCc2ccccc21. The maximum atomic E-state index is 12.4. The van der Waals surface area contributed by atoms with Crippen LogP contribution in [0.25, 0.3) is 0 Å². The van der Waals surface area contributed by atoms with Gasteiger partial charge >= 0.3 is 0 Å². The van der Waals surface area contributed by atoms with E-state index in [0.29, 0.717) is 16.3 Å². The molecule has 3 rings (SSSR count). The van der Waals surface area contributed by atoms with Crippen LogP contribution in [-0.4, -0.2) is 18.7 Å². The lowest BCUT2D eigenvalue weighted by atomic mass is 9.90. The van der Waals surface area contributed by atoms with Crippen molar-refractivity contribution in [2.75, 3.05) is 7.11 Å². The highest BCUT2D eigenvalue weighted by Crippen LogP contribution is 2.23. The number of fused-ring (bicyclic) bond motifs is 1. The molecule has 2 aromatic rings. The molecule has 0 unspecified atom stereocenters. The first-order valence-electron chi connectivity index (χ1n) is 7.48. The van der Waals surface area contributed by atoms with Crippen LogP contribution in [0.1, 0.15) is 34.3 Å². The Kier molecular flexibility index (Phi) is 4.63. The van der Waals surface area contributed by atoms with Gasteiger partial charge < -0.3 is 4.74 Å². The van der Waals surface area contributed by atoms with Gasteiger partial charge in [-0.25, -0.2) is 5.43 Å². The number of hydrogen-bond donors (Lipinski definition) is 1. The highest BCUT2D eigenvalue weighted by molar-refractivity contribution is 6.31. The molecule has 2 aromatic carbocycles. The van der Waals surface area contributed by atoms with Crippen LogP contribution in [0.4, 0.5) is 0 Å². The van der Waals surface area contributed by atoms with Gasteiger partial charge in [0.25, 0.3) is 5.91 Å². The van der Waals surface area contributed by atoms with Crippen molar-refractivity contribution in [2.45, 2.75) is 19.3 Å². The number of hydrogen-bond acceptors (Lipinski definition) is 3. The monoisotopic (exact) mass is 328 g/mol. The number of methoxy groups -OCH3 is 1. The summed E-state index contributed by atoms with van der Waals surface area (Å²) in [4.78, 5) is 12.4. The standard InChI is InChI=1S/C18H17ClN2O2/c1-23-17-10-9-13(19)11-15(17)18(22)21-20-16-8-4-6-12-5-2-3-7-14(12)16/h2-3,5,7,9-11H,4,6,8H2,1H3,(H,21,22)/b20-16-. The molecule has 1 aliphatic rings. The van der Waals surface area contributed by atoms with Gasteiger partial charge in [0.2, 0.25) is 0 Å². The Bertz CT molecular complexity index is 771.